The van der Waals surface area contributed by atoms with Crippen LogP contribution >= 0.6 is 0 Å². The number of anilines is 4. The summed E-state index contributed by atoms with van der Waals surface area (Å²) in [6, 6.07) is 8.97. The largest absolute Gasteiger partial charge is 0.393 e. The summed E-state index contributed by atoms with van der Waals surface area (Å²) < 4.78 is 39.9. The molecule has 25 heavy (non-hydrogen) atoms. The first-order valence-corrected chi connectivity index (χ1v) is 7.34. The molecule has 1 heterocycles. The second kappa shape index (κ2) is 7.08. The van der Waals surface area contributed by atoms with Crippen LogP contribution in [-0.4, -0.2) is 9.97 Å². The maximum absolute atomic E-state index is 13.7. The average molecular weight is 345 g/mol. The summed E-state index contributed by atoms with van der Waals surface area (Å²) in [5, 5.41) is 5.64. The van der Waals surface area contributed by atoms with E-state index in [-0.39, 0.29) is 23.0 Å². The van der Waals surface area contributed by atoms with Gasteiger partial charge in [0.2, 0.25) is 0 Å². The SMILES string of the molecule is Nc1c(NCc2ccc(F)cc2)ncnc1Nc1cc(F)ccc1F. The molecule has 0 atom stereocenters. The lowest BCUT2D eigenvalue weighted by molar-refractivity contribution is 0.603. The van der Waals surface area contributed by atoms with Crippen molar-refractivity contribution in [2.24, 2.45) is 0 Å². The highest BCUT2D eigenvalue weighted by atomic mass is 19.1. The first-order chi connectivity index (χ1) is 12.0. The number of hydrogen-bond donors (Lipinski definition) is 3. The van der Waals surface area contributed by atoms with Crippen molar-refractivity contribution in [3.8, 4) is 0 Å². The Hall–Kier alpha value is -3.29. The first-order valence-electron chi connectivity index (χ1n) is 7.34. The van der Waals surface area contributed by atoms with E-state index in [1.54, 1.807) is 12.1 Å². The zero-order valence-corrected chi connectivity index (χ0v) is 12.9. The summed E-state index contributed by atoms with van der Waals surface area (Å²) in [7, 11) is 0. The lowest BCUT2D eigenvalue weighted by Crippen LogP contribution is -2.08. The topological polar surface area (TPSA) is 75.9 Å². The Balaban J connectivity index is 1.77. The van der Waals surface area contributed by atoms with E-state index in [0.29, 0.717) is 12.4 Å². The number of halogens is 3. The number of nitrogens with zero attached hydrogens (tertiary/aromatic N) is 2. The third-order valence-electron chi connectivity index (χ3n) is 3.44. The Kier molecular flexibility index (Phi) is 4.69. The van der Waals surface area contributed by atoms with Crippen molar-refractivity contribution in [1.82, 2.24) is 9.97 Å². The van der Waals surface area contributed by atoms with Crippen LogP contribution in [0, 0.1) is 17.5 Å². The minimum Gasteiger partial charge on any atom is -0.393 e. The van der Waals surface area contributed by atoms with Crippen molar-refractivity contribution in [3.05, 3.63) is 71.8 Å². The second-order valence-electron chi connectivity index (χ2n) is 5.21. The van der Waals surface area contributed by atoms with Gasteiger partial charge in [0, 0.05) is 12.6 Å². The molecule has 0 aliphatic carbocycles. The van der Waals surface area contributed by atoms with Crippen LogP contribution in [0.1, 0.15) is 5.56 Å². The maximum atomic E-state index is 13.7. The fourth-order valence-corrected chi connectivity index (χ4v) is 2.14. The third kappa shape index (κ3) is 3.97. The molecule has 0 radical (unpaired) electrons. The predicted molar refractivity (Wildman–Crippen MR) is 89.8 cm³/mol. The van der Waals surface area contributed by atoms with Crippen LogP contribution in [0.5, 0.6) is 0 Å². The van der Waals surface area contributed by atoms with Gasteiger partial charge in [-0.2, -0.15) is 0 Å². The number of benzene rings is 2. The lowest BCUT2D eigenvalue weighted by atomic mass is 10.2. The Labute approximate surface area is 141 Å². The summed E-state index contributed by atoms with van der Waals surface area (Å²) in [4.78, 5) is 7.97. The van der Waals surface area contributed by atoms with Crippen LogP contribution in [-0.2, 0) is 6.54 Å². The molecule has 0 amide bonds. The molecule has 1 aromatic heterocycles. The van der Waals surface area contributed by atoms with Gasteiger partial charge in [0.25, 0.3) is 0 Å². The van der Waals surface area contributed by atoms with Gasteiger partial charge in [0.1, 0.15) is 29.5 Å². The molecule has 0 saturated heterocycles. The van der Waals surface area contributed by atoms with Crippen molar-refractivity contribution in [3.63, 3.8) is 0 Å². The molecule has 0 saturated carbocycles. The Morgan fingerprint density at radius 3 is 2.32 bits per heavy atom. The van der Waals surface area contributed by atoms with Gasteiger partial charge in [-0.3, -0.25) is 0 Å². The van der Waals surface area contributed by atoms with Gasteiger partial charge in [0.15, 0.2) is 11.6 Å². The third-order valence-corrected chi connectivity index (χ3v) is 3.44. The molecule has 5 nitrogen and oxygen atoms in total. The summed E-state index contributed by atoms with van der Waals surface area (Å²) in [6.45, 7) is 0.356. The van der Waals surface area contributed by atoms with E-state index in [0.717, 1.165) is 23.8 Å². The van der Waals surface area contributed by atoms with Gasteiger partial charge in [-0.1, -0.05) is 12.1 Å². The van der Waals surface area contributed by atoms with Crippen LogP contribution in [0.25, 0.3) is 0 Å². The fraction of sp³-hybridized carbons (Fsp3) is 0.0588. The van der Waals surface area contributed by atoms with Crippen LogP contribution in [0.4, 0.5) is 36.2 Å². The number of nitrogens with one attached hydrogen (secondary N) is 2. The molecule has 0 aliphatic rings. The Morgan fingerprint density at radius 2 is 1.56 bits per heavy atom. The zero-order valence-electron chi connectivity index (χ0n) is 12.9. The fourth-order valence-electron chi connectivity index (χ4n) is 2.14. The molecule has 4 N–H and O–H groups in total. The van der Waals surface area contributed by atoms with Gasteiger partial charge < -0.3 is 16.4 Å². The smallest absolute Gasteiger partial charge is 0.159 e. The average Bonchev–Trinajstić information content (AvgIpc) is 2.60. The maximum Gasteiger partial charge on any atom is 0.159 e. The van der Waals surface area contributed by atoms with Gasteiger partial charge in [-0.15, -0.1) is 0 Å². The summed E-state index contributed by atoms with van der Waals surface area (Å²) in [5.41, 5.74) is 6.86. The van der Waals surface area contributed by atoms with Crippen LogP contribution in [0.15, 0.2) is 48.8 Å². The number of nitrogens with two attached hydrogens (primary N) is 1. The molecular formula is C17H14F3N5. The van der Waals surface area contributed by atoms with Crippen molar-refractivity contribution in [2.75, 3.05) is 16.4 Å². The van der Waals surface area contributed by atoms with Crippen LogP contribution in [0.2, 0.25) is 0 Å². The number of rotatable bonds is 5. The van der Waals surface area contributed by atoms with E-state index in [9.17, 15) is 13.2 Å². The molecule has 0 unspecified atom stereocenters. The van der Waals surface area contributed by atoms with Crippen molar-refractivity contribution >= 4 is 23.0 Å². The minimum atomic E-state index is -0.639. The van der Waals surface area contributed by atoms with Gasteiger partial charge in [-0.05, 0) is 29.8 Å². The summed E-state index contributed by atoms with van der Waals surface area (Å²) in [6.07, 6.45) is 1.24. The zero-order chi connectivity index (χ0) is 17.8. The molecule has 0 aliphatic heterocycles. The normalized spacial score (nSPS) is 10.5. The van der Waals surface area contributed by atoms with E-state index in [2.05, 4.69) is 20.6 Å². The molecule has 0 bridgehead atoms. The van der Waals surface area contributed by atoms with Gasteiger partial charge >= 0.3 is 0 Å². The highest BCUT2D eigenvalue weighted by molar-refractivity contribution is 5.77. The molecule has 0 fully saturated rings. The first kappa shape index (κ1) is 16.6. The Morgan fingerprint density at radius 1 is 0.880 bits per heavy atom. The van der Waals surface area contributed by atoms with Crippen LogP contribution < -0.4 is 16.4 Å². The van der Waals surface area contributed by atoms with Crippen molar-refractivity contribution < 1.29 is 13.2 Å². The van der Waals surface area contributed by atoms with Gasteiger partial charge in [-0.25, -0.2) is 23.1 Å². The summed E-state index contributed by atoms with van der Waals surface area (Å²) in [5.74, 6) is -1.10. The second-order valence-corrected chi connectivity index (χ2v) is 5.21. The highest BCUT2D eigenvalue weighted by Crippen LogP contribution is 2.27. The van der Waals surface area contributed by atoms with Gasteiger partial charge in [0.05, 0.1) is 5.69 Å². The van der Waals surface area contributed by atoms with E-state index in [1.165, 1.54) is 18.5 Å². The number of nitrogen functional groups attached to an aromatic ring is 1. The van der Waals surface area contributed by atoms with Crippen LogP contribution in [0.3, 0.4) is 0 Å². The van der Waals surface area contributed by atoms with Crippen molar-refractivity contribution in [1.29, 1.82) is 0 Å². The molecule has 8 heteroatoms. The quantitative estimate of drug-likeness (QED) is 0.655. The minimum absolute atomic E-state index is 0.0881. The summed E-state index contributed by atoms with van der Waals surface area (Å²) >= 11 is 0. The monoisotopic (exact) mass is 345 g/mol. The predicted octanol–water partition coefficient (Wildman–Crippen LogP) is 3.83. The molecule has 3 aromatic rings. The van der Waals surface area contributed by atoms with E-state index in [1.807, 2.05) is 0 Å². The number of hydrogen-bond acceptors (Lipinski definition) is 5. The molecule has 0 spiro atoms. The molecular weight excluding hydrogens is 331 g/mol. The lowest BCUT2D eigenvalue weighted by Gasteiger charge is -2.13. The molecule has 3 rings (SSSR count). The highest BCUT2D eigenvalue weighted by Gasteiger charge is 2.11. The van der Waals surface area contributed by atoms with E-state index < -0.39 is 11.6 Å². The standard InChI is InChI=1S/C17H14F3N5/c18-11-3-1-10(2-4-11)8-22-16-15(21)17(24-9-23-16)25-14-7-12(19)5-6-13(14)20/h1-7,9H,8,21H2,(H2,22,23,24,25). The van der Waals surface area contributed by atoms with Crippen molar-refractivity contribution in [2.45, 2.75) is 6.54 Å². The van der Waals surface area contributed by atoms with E-state index in [4.69, 9.17) is 5.73 Å². The Bertz CT molecular complexity index is 884. The molecule has 2 aromatic carbocycles. The number of aromatic nitrogens is 2. The molecule has 128 valence electrons. The van der Waals surface area contributed by atoms with E-state index >= 15 is 0 Å².